The second-order valence-corrected chi connectivity index (χ2v) is 9.14. The van der Waals surface area contributed by atoms with E-state index in [1.807, 2.05) is 0 Å². The summed E-state index contributed by atoms with van der Waals surface area (Å²) in [5.74, 6) is -0.640. The first kappa shape index (κ1) is 24.5. The molecule has 0 aliphatic carbocycles. The molecule has 1 aliphatic heterocycles. The number of hydrogen-bond acceptors (Lipinski definition) is 4. The molecule has 1 saturated heterocycles. The molecule has 0 bridgehead atoms. The summed E-state index contributed by atoms with van der Waals surface area (Å²) in [6.07, 6.45) is 1.46. The topological polar surface area (TPSA) is 58.6 Å². The van der Waals surface area contributed by atoms with Gasteiger partial charge in [0.15, 0.2) is 5.11 Å². The molecule has 3 aromatic rings. The van der Waals surface area contributed by atoms with Gasteiger partial charge >= 0.3 is 0 Å². The van der Waals surface area contributed by atoms with Gasteiger partial charge in [-0.05, 0) is 60.3 Å². The van der Waals surface area contributed by atoms with Crippen molar-refractivity contribution in [3.8, 4) is 5.75 Å². The zero-order valence-corrected chi connectivity index (χ0v) is 21.0. The summed E-state index contributed by atoms with van der Waals surface area (Å²) in [6.45, 7) is 0.254. The lowest BCUT2D eigenvalue weighted by Gasteiger charge is -2.29. The SMILES string of the molecule is O=C1NC(=S)N(c2cccc(Cl)c2Cl)C(=O)/C1=C/c1ccc(OCc2ccc(Cl)cc2Cl)cc1. The van der Waals surface area contributed by atoms with Crippen LogP contribution in [0.25, 0.3) is 6.08 Å². The van der Waals surface area contributed by atoms with E-state index in [2.05, 4.69) is 5.32 Å². The number of thiocarbonyl (C=S) groups is 1. The normalized spacial score (nSPS) is 15.0. The van der Waals surface area contributed by atoms with E-state index in [4.69, 9.17) is 63.4 Å². The zero-order valence-electron chi connectivity index (χ0n) is 17.2. The van der Waals surface area contributed by atoms with Crippen LogP contribution in [0.4, 0.5) is 5.69 Å². The van der Waals surface area contributed by atoms with Crippen molar-refractivity contribution >= 4 is 87.3 Å². The lowest BCUT2D eigenvalue weighted by Crippen LogP contribution is -2.54. The molecule has 0 atom stereocenters. The number of carbonyl (C=O) groups excluding carboxylic acids is 2. The Bertz CT molecular complexity index is 1340. The Morgan fingerprint density at radius 1 is 0.941 bits per heavy atom. The Kier molecular flexibility index (Phi) is 7.45. The third-order valence-corrected chi connectivity index (χ3v) is 6.55. The number of carbonyl (C=O) groups is 2. The molecule has 1 fully saturated rings. The lowest BCUT2D eigenvalue weighted by molar-refractivity contribution is -0.122. The van der Waals surface area contributed by atoms with Crippen LogP contribution in [0.5, 0.6) is 5.75 Å². The molecular formula is C24H14Cl4N2O3S. The average molecular weight is 552 g/mol. The van der Waals surface area contributed by atoms with Crippen molar-refractivity contribution in [3.63, 3.8) is 0 Å². The van der Waals surface area contributed by atoms with Gasteiger partial charge in [0.1, 0.15) is 17.9 Å². The maximum Gasteiger partial charge on any atom is 0.270 e. The van der Waals surface area contributed by atoms with Crippen LogP contribution < -0.4 is 15.0 Å². The summed E-state index contributed by atoms with van der Waals surface area (Å²) >= 11 is 29.6. The molecule has 1 aliphatic rings. The first-order chi connectivity index (χ1) is 16.2. The highest BCUT2D eigenvalue weighted by molar-refractivity contribution is 7.80. The van der Waals surface area contributed by atoms with Gasteiger partial charge in [-0.25, -0.2) is 0 Å². The standard InChI is InChI=1S/C24H14Cl4N2O3S/c25-15-7-6-14(19(27)11-15)12-33-16-8-4-13(5-9-16)10-17-22(31)29-24(34)30(23(17)32)20-3-1-2-18(26)21(20)28/h1-11H,12H2,(H,29,31,34)/b17-10+. The van der Waals surface area contributed by atoms with Crippen molar-refractivity contribution in [2.75, 3.05) is 4.90 Å². The number of ether oxygens (including phenoxy) is 1. The molecule has 0 radical (unpaired) electrons. The third kappa shape index (κ3) is 5.22. The predicted molar refractivity (Wildman–Crippen MR) is 140 cm³/mol. The largest absolute Gasteiger partial charge is 0.489 e. The van der Waals surface area contributed by atoms with Gasteiger partial charge in [-0.2, -0.15) is 0 Å². The predicted octanol–water partition coefficient (Wildman–Crippen LogP) is 6.71. The van der Waals surface area contributed by atoms with Crippen LogP contribution in [0.3, 0.4) is 0 Å². The van der Waals surface area contributed by atoms with Crippen LogP contribution in [0.15, 0.2) is 66.2 Å². The maximum atomic E-state index is 13.2. The van der Waals surface area contributed by atoms with Gasteiger partial charge in [0.2, 0.25) is 0 Å². The molecule has 1 heterocycles. The van der Waals surface area contributed by atoms with Crippen molar-refractivity contribution in [1.82, 2.24) is 5.32 Å². The molecule has 4 rings (SSSR count). The summed E-state index contributed by atoms with van der Waals surface area (Å²) in [4.78, 5) is 26.8. The van der Waals surface area contributed by atoms with Crippen LogP contribution >= 0.6 is 58.6 Å². The Balaban J connectivity index is 1.54. The highest BCUT2D eigenvalue weighted by atomic mass is 35.5. The molecule has 172 valence electrons. The highest BCUT2D eigenvalue weighted by Crippen LogP contribution is 2.34. The van der Waals surface area contributed by atoms with Crippen molar-refractivity contribution in [3.05, 3.63) is 97.5 Å². The summed E-state index contributed by atoms with van der Waals surface area (Å²) in [6, 6.07) is 16.9. The monoisotopic (exact) mass is 550 g/mol. The number of hydrogen-bond donors (Lipinski definition) is 1. The minimum atomic E-state index is -0.615. The molecule has 5 nitrogen and oxygen atoms in total. The zero-order chi connectivity index (χ0) is 24.4. The number of amides is 2. The number of anilines is 1. The van der Waals surface area contributed by atoms with E-state index in [1.54, 1.807) is 60.7 Å². The van der Waals surface area contributed by atoms with Crippen LogP contribution in [-0.4, -0.2) is 16.9 Å². The summed E-state index contributed by atoms with van der Waals surface area (Å²) in [5.41, 5.74) is 1.57. The minimum Gasteiger partial charge on any atom is -0.489 e. The fourth-order valence-electron chi connectivity index (χ4n) is 3.17. The molecular weight excluding hydrogens is 538 g/mol. The minimum absolute atomic E-state index is 0.0825. The molecule has 34 heavy (non-hydrogen) atoms. The summed E-state index contributed by atoms with van der Waals surface area (Å²) in [5, 5.41) is 3.90. The second kappa shape index (κ2) is 10.3. The highest BCUT2D eigenvalue weighted by Gasteiger charge is 2.35. The quantitative estimate of drug-likeness (QED) is 0.217. The first-order valence-corrected chi connectivity index (χ1v) is 11.7. The third-order valence-electron chi connectivity index (χ3n) is 4.87. The summed E-state index contributed by atoms with van der Waals surface area (Å²) in [7, 11) is 0. The van der Waals surface area contributed by atoms with Gasteiger partial charge in [-0.1, -0.05) is 70.7 Å². The van der Waals surface area contributed by atoms with Crippen LogP contribution in [0, 0.1) is 0 Å². The van der Waals surface area contributed by atoms with Crippen molar-refractivity contribution in [2.45, 2.75) is 6.61 Å². The van der Waals surface area contributed by atoms with Crippen molar-refractivity contribution < 1.29 is 14.3 Å². The Morgan fingerprint density at radius 3 is 2.38 bits per heavy atom. The van der Waals surface area contributed by atoms with Crippen LogP contribution in [0.2, 0.25) is 20.1 Å². The van der Waals surface area contributed by atoms with Gasteiger partial charge in [0.05, 0.1) is 15.7 Å². The van der Waals surface area contributed by atoms with Crippen LogP contribution in [0.1, 0.15) is 11.1 Å². The number of nitrogens with zero attached hydrogens (tertiary/aromatic N) is 1. The van der Waals surface area contributed by atoms with E-state index in [0.717, 1.165) is 10.5 Å². The molecule has 0 unspecified atom stereocenters. The second-order valence-electron chi connectivity index (χ2n) is 7.12. The van der Waals surface area contributed by atoms with E-state index in [1.165, 1.54) is 6.08 Å². The molecule has 1 N–H and O–H groups in total. The smallest absolute Gasteiger partial charge is 0.270 e. The Hall–Kier alpha value is -2.61. The van der Waals surface area contributed by atoms with Gasteiger partial charge in [-0.15, -0.1) is 0 Å². The van der Waals surface area contributed by atoms with Crippen LogP contribution in [-0.2, 0) is 16.2 Å². The van der Waals surface area contributed by atoms with Crippen molar-refractivity contribution in [1.29, 1.82) is 0 Å². The molecule has 0 saturated carbocycles. The lowest BCUT2D eigenvalue weighted by atomic mass is 10.1. The van der Waals surface area contributed by atoms with E-state index >= 15 is 0 Å². The van der Waals surface area contributed by atoms with Gasteiger partial charge in [0.25, 0.3) is 11.8 Å². The molecule has 0 spiro atoms. The number of benzene rings is 3. The van der Waals surface area contributed by atoms with Crippen molar-refractivity contribution in [2.24, 2.45) is 0 Å². The van der Waals surface area contributed by atoms with E-state index in [9.17, 15) is 9.59 Å². The maximum absolute atomic E-state index is 13.2. The molecule has 2 amide bonds. The van der Waals surface area contributed by atoms with Gasteiger partial charge in [0, 0.05) is 15.6 Å². The molecule has 3 aromatic carbocycles. The fourth-order valence-corrected chi connectivity index (χ4v) is 4.29. The fraction of sp³-hybridized carbons (Fsp3) is 0.0417. The van der Waals surface area contributed by atoms with E-state index in [-0.39, 0.29) is 33.0 Å². The molecule has 0 aromatic heterocycles. The number of nitrogens with one attached hydrogen (secondary N) is 1. The van der Waals surface area contributed by atoms with E-state index < -0.39 is 11.8 Å². The Labute approximate surface area is 220 Å². The number of rotatable bonds is 5. The first-order valence-electron chi connectivity index (χ1n) is 9.77. The average Bonchev–Trinajstić information content (AvgIpc) is 2.79. The van der Waals surface area contributed by atoms with Gasteiger partial charge in [-0.3, -0.25) is 19.8 Å². The van der Waals surface area contributed by atoms with Gasteiger partial charge < -0.3 is 4.74 Å². The Morgan fingerprint density at radius 2 is 1.68 bits per heavy atom. The molecule has 10 heteroatoms. The summed E-state index contributed by atoms with van der Waals surface area (Å²) < 4.78 is 5.77. The number of halogens is 4. The van der Waals surface area contributed by atoms with E-state index in [0.29, 0.717) is 21.4 Å².